The van der Waals surface area contributed by atoms with E-state index in [1.165, 1.54) is 17.8 Å². The van der Waals surface area contributed by atoms with Crippen LogP contribution in [0.4, 0.5) is 4.39 Å². The normalized spacial score (nSPS) is 10.8. The van der Waals surface area contributed by atoms with Gasteiger partial charge in [-0.05, 0) is 24.3 Å². The summed E-state index contributed by atoms with van der Waals surface area (Å²) in [5.74, 6) is 0.257. The molecule has 0 radical (unpaired) electrons. The van der Waals surface area contributed by atoms with Gasteiger partial charge in [-0.25, -0.2) is 9.37 Å². The number of carbonyl (C=O) groups is 1. The molecule has 0 atom stereocenters. The molecule has 0 saturated heterocycles. The van der Waals surface area contributed by atoms with Crippen LogP contribution in [0.5, 0.6) is 0 Å². The summed E-state index contributed by atoms with van der Waals surface area (Å²) in [5, 5.41) is 3.75. The maximum absolute atomic E-state index is 13.5. The molecule has 0 aliphatic rings. The van der Waals surface area contributed by atoms with Gasteiger partial charge in [-0.2, -0.15) is 0 Å². The summed E-state index contributed by atoms with van der Waals surface area (Å²) in [6, 6.07) is 14.5. The van der Waals surface area contributed by atoms with Crippen molar-refractivity contribution in [3.63, 3.8) is 0 Å². The molecule has 0 spiro atoms. The number of rotatable bonds is 6. The molecule has 6 heteroatoms. The number of hydrogen-bond donors (Lipinski definition) is 1. The Labute approximate surface area is 141 Å². The fraction of sp³-hybridized carbons (Fsp3) is 0.176. The van der Waals surface area contributed by atoms with Gasteiger partial charge in [-0.1, -0.05) is 24.3 Å². The van der Waals surface area contributed by atoms with Crippen molar-refractivity contribution in [2.24, 2.45) is 0 Å². The lowest BCUT2D eigenvalue weighted by molar-refractivity contribution is -0.120. The highest BCUT2D eigenvalue weighted by Gasteiger charge is 2.07. The van der Waals surface area contributed by atoms with E-state index in [4.69, 9.17) is 0 Å². The Balaban J connectivity index is 1.45. The highest BCUT2D eigenvalue weighted by atomic mass is 32.2. The number of nitrogens with zero attached hydrogens (tertiary/aromatic N) is 1. The zero-order valence-electron chi connectivity index (χ0n) is 12.3. The molecule has 3 nitrogen and oxygen atoms in total. The van der Waals surface area contributed by atoms with E-state index < -0.39 is 0 Å². The quantitative estimate of drug-likeness (QED) is 0.679. The number of thiazole rings is 1. The largest absolute Gasteiger partial charge is 0.350 e. The van der Waals surface area contributed by atoms with Gasteiger partial charge in [0.15, 0.2) is 0 Å². The molecule has 0 aliphatic carbocycles. The second-order valence-corrected chi connectivity index (χ2v) is 7.13. The second kappa shape index (κ2) is 7.57. The number of para-hydroxylation sites is 1. The minimum atomic E-state index is -0.243. The molecule has 23 heavy (non-hydrogen) atoms. The predicted octanol–water partition coefficient (Wildman–Crippen LogP) is 4.23. The predicted molar refractivity (Wildman–Crippen MR) is 93.2 cm³/mol. The first kappa shape index (κ1) is 16.0. The Bertz CT molecular complexity index is 786. The molecule has 0 unspecified atom stereocenters. The van der Waals surface area contributed by atoms with Crippen molar-refractivity contribution in [3.8, 4) is 0 Å². The van der Waals surface area contributed by atoms with Crippen LogP contribution in [0.3, 0.4) is 0 Å². The van der Waals surface area contributed by atoms with Crippen molar-refractivity contribution in [1.82, 2.24) is 10.3 Å². The topological polar surface area (TPSA) is 42.0 Å². The second-order valence-electron chi connectivity index (χ2n) is 4.88. The Morgan fingerprint density at radius 3 is 2.78 bits per heavy atom. The summed E-state index contributed by atoms with van der Waals surface area (Å²) in [5.41, 5.74) is 0.955. The molecule has 1 aromatic heterocycles. The molecular weight excluding hydrogens is 331 g/mol. The van der Waals surface area contributed by atoms with E-state index in [1.54, 1.807) is 29.5 Å². The summed E-state index contributed by atoms with van der Waals surface area (Å²) >= 11 is 2.93. The number of fused-ring (bicyclic) bond motifs is 1. The maximum Gasteiger partial charge on any atom is 0.221 e. The molecule has 0 aliphatic heterocycles. The fourth-order valence-electron chi connectivity index (χ4n) is 2.07. The fourth-order valence-corrected chi connectivity index (χ4v) is 3.87. The highest BCUT2D eigenvalue weighted by molar-refractivity contribution is 7.99. The third-order valence-corrected chi connectivity index (χ3v) is 5.29. The minimum Gasteiger partial charge on any atom is -0.350 e. The Hall–Kier alpha value is -1.92. The van der Waals surface area contributed by atoms with Crippen LogP contribution >= 0.6 is 23.1 Å². The average molecular weight is 346 g/mol. The Kier molecular flexibility index (Phi) is 5.25. The van der Waals surface area contributed by atoms with Crippen molar-refractivity contribution < 1.29 is 9.18 Å². The summed E-state index contributed by atoms with van der Waals surface area (Å²) in [6.45, 7) is 0.433. The third-order valence-electron chi connectivity index (χ3n) is 3.20. The summed E-state index contributed by atoms with van der Waals surface area (Å²) in [4.78, 5) is 16.9. The van der Waals surface area contributed by atoms with Crippen molar-refractivity contribution in [3.05, 3.63) is 59.4 Å². The number of nitrogens with one attached hydrogen (secondary N) is 1. The molecule has 0 fully saturated rings. The lowest BCUT2D eigenvalue weighted by Gasteiger charge is -2.04. The van der Waals surface area contributed by atoms with Crippen molar-refractivity contribution in [2.75, 3.05) is 5.75 Å². The van der Waals surface area contributed by atoms with Gasteiger partial charge in [0.2, 0.25) is 5.91 Å². The van der Waals surface area contributed by atoms with E-state index in [2.05, 4.69) is 10.3 Å². The summed E-state index contributed by atoms with van der Waals surface area (Å²) < 4.78 is 14.6. The van der Waals surface area contributed by atoms with Gasteiger partial charge in [0, 0.05) is 17.1 Å². The van der Waals surface area contributed by atoms with Gasteiger partial charge in [-0.3, -0.25) is 4.79 Å². The van der Waals surface area contributed by atoms with Crippen LogP contribution in [0, 0.1) is 5.82 Å². The van der Waals surface area contributed by atoms with Crippen molar-refractivity contribution >= 4 is 39.2 Å². The van der Waals surface area contributed by atoms with E-state index in [0.29, 0.717) is 23.6 Å². The molecule has 2 aromatic carbocycles. The van der Waals surface area contributed by atoms with Gasteiger partial charge >= 0.3 is 0 Å². The molecule has 0 bridgehead atoms. The Morgan fingerprint density at radius 2 is 1.96 bits per heavy atom. The van der Waals surface area contributed by atoms with E-state index >= 15 is 0 Å². The molecule has 118 valence electrons. The maximum atomic E-state index is 13.5. The number of amides is 1. The molecule has 1 N–H and O–H groups in total. The summed E-state index contributed by atoms with van der Waals surface area (Å²) in [7, 11) is 0. The van der Waals surface area contributed by atoms with Crippen LogP contribution in [0.1, 0.15) is 11.4 Å². The zero-order chi connectivity index (χ0) is 16.1. The van der Waals surface area contributed by atoms with Crippen LogP contribution in [0.2, 0.25) is 0 Å². The smallest absolute Gasteiger partial charge is 0.221 e. The first-order chi connectivity index (χ1) is 11.2. The van der Waals surface area contributed by atoms with E-state index in [9.17, 15) is 9.18 Å². The molecule has 3 rings (SSSR count). The highest BCUT2D eigenvalue weighted by Crippen LogP contribution is 2.22. The average Bonchev–Trinajstić information content (AvgIpc) is 2.98. The lowest BCUT2D eigenvalue weighted by Crippen LogP contribution is -2.22. The number of hydrogen-bond acceptors (Lipinski definition) is 4. The molecular formula is C17H15FN2OS2. The molecule has 1 heterocycles. The Morgan fingerprint density at radius 1 is 1.17 bits per heavy atom. The van der Waals surface area contributed by atoms with E-state index in [0.717, 1.165) is 15.2 Å². The standard InChI is InChI=1S/C17H15FN2OS2/c18-12-5-1-3-7-14(12)22-10-9-16(21)19-11-17-20-13-6-2-4-8-15(13)23-17/h1-8H,9-11H2,(H,19,21). The van der Waals surface area contributed by atoms with Crippen LogP contribution in [0.25, 0.3) is 10.2 Å². The van der Waals surface area contributed by atoms with Gasteiger partial charge < -0.3 is 5.32 Å². The van der Waals surface area contributed by atoms with Crippen molar-refractivity contribution in [2.45, 2.75) is 17.9 Å². The van der Waals surface area contributed by atoms with Crippen LogP contribution < -0.4 is 5.32 Å². The number of halogens is 1. The van der Waals surface area contributed by atoms with Crippen LogP contribution in [-0.4, -0.2) is 16.6 Å². The number of thioether (sulfide) groups is 1. The SMILES string of the molecule is O=C(CCSc1ccccc1F)NCc1nc2ccccc2s1. The third kappa shape index (κ3) is 4.30. The first-order valence-corrected chi connectivity index (χ1v) is 9.01. The lowest BCUT2D eigenvalue weighted by atomic mass is 10.3. The number of benzene rings is 2. The van der Waals surface area contributed by atoms with Gasteiger partial charge in [-0.15, -0.1) is 23.1 Å². The van der Waals surface area contributed by atoms with Crippen LogP contribution in [0.15, 0.2) is 53.4 Å². The van der Waals surface area contributed by atoms with E-state index in [1.807, 2.05) is 24.3 Å². The van der Waals surface area contributed by atoms with E-state index in [-0.39, 0.29) is 11.7 Å². The monoisotopic (exact) mass is 346 g/mol. The van der Waals surface area contributed by atoms with Crippen molar-refractivity contribution in [1.29, 1.82) is 0 Å². The minimum absolute atomic E-state index is 0.0481. The molecule has 3 aromatic rings. The molecule has 0 saturated carbocycles. The number of carbonyl (C=O) groups excluding carboxylic acids is 1. The van der Waals surface area contributed by atoms with Gasteiger partial charge in [0.1, 0.15) is 10.8 Å². The molecule has 1 amide bonds. The summed E-state index contributed by atoms with van der Waals surface area (Å²) in [6.07, 6.45) is 0.351. The van der Waals surface area contributed by atoms with Gasteiger partial charge in [0.25, 0.3) is 0 Å². The number of aromatic nitrogens is 1. The van der Waals surface area contributed by atoms with Crippen LogP contribution in [-0.2, 0) is 11.3 Å². The first-order valence-electron chi connectivity index (χ1n) is 7.21. The van der Waals surface area contributed by atoms with Gasteiger partial charge in [0.05, 0.1) is 16.8 Å². The zero-order valence-corrected chi connectivity index (χ0v) is 13.9.